The van der Waals surface area contributed by atoms with E-state index in [1.165, 1.54) is 7.05 Å². The molecule has 50 valence electrons. The Labute approximate surface area is 63.1 Å². The number of hydrogen-bond acceptors (Lipinski definition) is 2. The summed E-state index contributed by atoms with van der Waals surface area (Å²) in [4.78, 5) is 0. The summed E-state index contributed by atoms with van der Waals surface area (Å²) in [5.41, 5.74) is 0. The molecule has 0 aromatic heterocycles. The summed E-state index contributed by atoms with van der Waals surface area (Å²) in [5, 5.41) is 0. The number of halogens is 2. The van der Waals surface area contributed by atoms with E-state index in [-0.39, 0.29) is 0 Å². The van der Waals surface area contributed by atoms with E-state index in [1.54, 1.807) is 0 Å². The molecular formula is CH4Cl2N2OS2. The first-order valence-electron chi connectivity index (χ1n) is 1.56. The Kier molecular flexibility index (Phi) is 3.49. The fourth-order valence-electron chi connectivity index (χ4n) is 0.0690. The van der Waals surface area contributed by atoms with Crippen molar-refractivity contribution in [1.29, 1.82) is 0 Å². The van der Waals surface area contributed by atoms with Gasteiger partial charge in [-0.1, -0.05) is 0 Å². The monoisotopic (exact) mass is 194 g/mol. The molecule has 0 saturated carbocycles. The van der Waals surface area contributed by atoms with E-state index in [4.69, 9.17) is 23.6 Å². The molecule has 0 aromatic carbocycles. The summed E-state index contributed by atoms with van der Waals surface area (Å²) in [6, 6.07) is 0. The standard InChI is InChI=1S/CH4Cl2N2OS2/c1-4-8(6,7)5(2)3/h4H,1H3. The molecule has 0 aliphatic rings. The van der Waals surface area contributed by atoms with Crippen molar-refractivity contribution in [3.63, 3.8) is 0 Å². The average Bonchev–Trinajstić information content (AvgIpc) is 1.67. The molecule has 8 heavy (non-hydrogen) atoms. The molecule has 1 unspecified atom stereocenters. The first-order chi connectivity index (χ1) is 3.50. The van der Waals surface area contributed by atoms with Crippen molar-refractivity contribution in [3.8, 4) is 0 Å². The zero-order chi connectivity index (χ0) is 6.78. The normalized spacial score (nSPS) is 18.5. The van der Waals surface area contributed by atoms with Gasteiger partial charge in [-0.05, 0) is 10.4 Å². The molecule has 0 radical (unpaired) electrons. The van der Waals surface area contributed by atoms with Crippen molar-refractivity contribution in [2.24, 2.45) is 0 Å². The largest absolute Gasteiger partial charge is 0.226 e. The molecule has 0 saturated heterocycles. The van der Waals surface area contributed by atoms with Gasteiger partial charge in [0, 0.05) is 34.7 Å². The first kappa shape index (κ1) is 8.87. The van der Waals surface area contributed by atoms with Gasteiger partial charge in [0.2, 0.25) is 0 Å². The highest BCUT2D eigenvalue weighted by atomic mass is 35.5. The molecule has 0 amide bonds. The zero-order valence-electron chi connectivity index (χ0n) is 3.93. The smallest absolute Gasteiger partial charge is 0.183 e. The van der Waals surface area contributed by atoms with Crippen LogP contribution in [0.4, 0.5) is 0 Å². The van der Waals surface area contributed by atoms with Gasteiger partial charge >= 0.3 is 0 Å². The van der Waals surface area contributed by atoms with E-state index >= 15 is 0 Å². The van der Waals surface area contributed by atoms with Crippen molar-refractivity contribution in [2.75, 3.05) is 7.05 Å². The summed E-state index contributed by atoms with van der Waals surface area (Å²) in [7, 11) is -1.38. The lowest BCUT2D eigenvalue weighted by atomic mass is 11.6. The van der Waals surface area contributed by atoms with Crippen LogP contribution in [-0.4, -0.2) is 14.6 Å². The molecule has 0 aliphatic heterocycles. The Morgan fingerprint density at radius 1 is 1.75 bits per heavy atom. The van der Waals surface area contributed by atoms with Crippen LogP contribution in [-0.2, 0) is 20.1 Å². The van der Waals surface area contributed by atoms with Crippen LogP contribution in [0.3, 0.4) is 0 Å². The van der Waals surface area contributed by atoms with Gasteiger partial charge in [0.05, 0.1) is 0 Å². The SMILES string of the molecule is CNS(=O)(=S)N(Cl)Cl. The Bertz CT molecular complexity index is 151. The molecule has 0 aliphatic carbocycles. The third kappa shape index (κ3) is 2.43. The van der Waals surface area contributed by atoms with Gasteiger partial charge in [0.15, 0.2) is 8.86 Å². The lowest BCUT2D eigenvalue weighted by molar-refractivity contribution is 0.664. The van der Waals surface area contributed by atoms with Gasteiger partial charge < -0.3 is 0 Å². The van der Waals surface area contributed by atoms with E-state index in [0.29, 0.717) is 3.34 Å². The number of hydrogen-bond donors (Lipinski definition) is 1. The zero-order valence-corrected chi connectivity index (χ0v) is 7.07. The van der Waals surface area contributed by atoms with Crippen LogP contribution < -0.4 is 4.72 Å². The minimum atomic E-state index is -2.79. The Hall–Kier alpha value is 0.870. The second kappa shape index (κ2) is 3.14. The van der Waals surface area contributed by atoms with E-state index in [2.05, 4.69) is 15.9 Å². The maximum Gasteiger partial charge on any atom is 0.183 e. The number of nitrogens with zero attached hydrogens (tertiary/aromatic N) is 1. The predicted octanol–water partition coefficient (Wildman–Crippen LogP) is 0.392. The lowest BCUT2D eigenvalue weighted by Gasteiger charge is -2.04. The van der Waals surface area contributed by atoms with Crippen molar-refractivity contribution in [3.05, 3.63) is 0 Å². The Morgan fingerprint density at radius 3 is 2.12 bits per heavy atom. The summed E-state index contributed by atoms with van der Waals surface area (Å²) in [6.07, 6.45) is 0. The highest BCUT2D eigenvalue weighted by Crippen LogP contribution is 2.04. The predicted molar refractivity (Wildman–Crippen MR) is 38.1 cm³/mol. The molecule has 0 heterocycles. The molecule has 1 atom stereocenters. The van der Waals surface area contributed by atoms with Crippen molar-refractivity contribution in [2.45, 2.75) is 0 Å². The van der Waals surface area contributed by atoms with Crippen LogP contribution in [0, 0.1) is 0 Å². The van der Waals surface area contributed by atoms with Gasteiger partial charge in [0.25, 0.3) is 0 Å². The molecule has 3 nitrogen and oxygen atoms in total. The topological polar surface area (TPSA) is 32.3 Å². The summed E-state index contributed by atoms with van der Waals surface area (Å²) in [6.45, 7) is 0. The fraction of sp³-hybridized carbons (Fsp3) is 1.00. The third-order valence-electron chi connectivity index (χ3n) is 0.440. The molecule has 0 fully saturated rings. The summed E-state index contributed by atoms with van der Waals surface area (Å²) >= 11 is 14.4. The summed E-state index contributed by atoms with van der Waals surface area (Å²) in [5.74, 6) is 0. The molecule has 0 bridgehead atoms. The number of nitrogens with one attached hydrogen (secondary N) is 1. The Morgan fingerprint density at radius 2 is 2.12 bits per heavy atom. The van der Waals surface area contributed by atoms with Crippen LogP contribution in [0.2, 0.25) is 0 Å². The summed E-state index contributed by atoms with van der Waals surface area (Å²) < 4.78 is 13.3. The van der Waals surface area contributed by atoms with Gasteiger partial charge in [-0.15, -0.1) is 0 Å². The van der Waals surface area contributed by atoms with E-state index in [1.807, 2.05) is 0 Å². The quantitative estimate of drug-likeness (QED) is 0.646. The van der Waals surface area contributed by atoms with Crippen LogP contribution in [0.25, 0.3) is 0 Å². The van der Waals surface area contributed by atoms with Crippen LogP contribution in [0.1, 0.15) is 0 Å². The number of rotatable bonds is 2. The van der Waals surface area contributed by atoms with Crippen LogP contribution in [0.15, 0.2) is 0 Å². The van der Waals surface area contributed by atoms with Gasteiger partial charge in [0.1, 0.15) is 0 Å². The highest BCUT2D eigenvalue weighted by Gasteiger charge is 2.08. The molecule has 0 spiro atoms. The minimum Gasteiger partial charge on any atom is -0.226 e. The molecular weight excluding hydrogens is 191 g/mol. The minimum absolute atomic E-state index is 0.419. The average molecular weight is 195 g/mol. The molecule has 7 heteroatoms. The highest BCUT2D eigenvalue weighted by molar-refractivity contribution is 8.31. The van der Waals surface area contributed by atoms with E-state index < -0.39 is 8.86 Å². The Balaban J connectivity index is 4.17. The van der Waals surface area contributed by atoms with Crippen LogP contribution in [0.5, 0.6) is 0 Å². The van der Waals surface area contributed by atoms with E-state index in [0.717, 1.165) is 0 Å². The van der Waals surface area contributed by atoms with E-state index in [9.17, 15) is 4.21 Å². The first-order valence-corrected chi connectivity index (χ1v) is 4.67. The van der Waals surface area contributed by atoms with Crippen molar-refractivity contribution < 1.29 is 4.21 Å². The maximum atomic E-state index is 10.6. The third-order valence-corrected chi connectivity index (χ3v) is 3.92. The second-order valence-electron chi connectivity index (χ2n) is 0.881. The second-order valence-corrected chi connectivity index (χ2v) is 5.21. The van der Waals surface area contributed by atoms with Gasteiger partial charge in [-0.2, -0.15) is 0 Å². The van der Waals surface area contributed by atoms with Gasteiger partial charge in [-0.3, -0.25) is 0 Å². The van der Waals surface area contributed by atoms with Gasteiger partial charge in [-0.25, -0.2) is 8.93 Å². The lowest BCUT2D eigenvalue weighted by Crippen LogP contribution is -2.24. The van der Waals surface area contributed by atoms with Crippen molar-refractivity contribution >= 4 is 43.6 Å². The molecule has 0 aromatic rings. The molecule has 0 rings (SSSR count). The fourth-order valence-corrected chi connectivity index (χ4v) is 0.621. The van der Waals surface area contributed by atoms with Crippen LogP contribution >= 0.6 is 23.6 Å². The van der Waals surface area contributed by atoms with Crippen molar-refractivity contribution in [1.82, 2.24) is 8.07 Å². The maximum absolute atomic E-state index is 10.6. The molecule has 1 N–H and O–H groups in total.